The quantitative estimate of drug-likeness (QED) is 0.627. The van der Waals surface area contributed by atoms with E-state index in [0.717, 1.165) is 15.7 Å². The smallest absolute Gasteiger partial charge is 0.238 e. The molecule has 160 valence electrons. The van der Waals surface area contributed by atoms with E-state index in [1.165, 1.54) is 22.5 Å². The summed E-state index contributed by atoms with van der Waals surface area (Å²) in [6, 6.07) is 12.0. The van der Waals surface area contributed by atoms with Crippen LogP contribution in [0.25, 0.3) is 10.6 Å². The molecule has 2 atom stereocenters. The first-order valence-corrected chi connectivity index (χ1v) is 12.6. The number of hydrogen-bond acceptors (Lipinski definition) is 8. The number of sulfone groups is 1. The predicted octanol–water partition coefficient (Wildman–Crippen LogP) is 2.01. The number of benzene rings is 1. The van der Waals surface area contributed by atoms with E-state index >= 15 is 0 Å². The Kier molecular flexibility index (Phi) is 5.19. The molecular formula is C21H21N5O3S2. The minimum atomic E-state index is -3.26. The van der Waals surface area contributed by atoms with Crippen molar-refractivity contribution in [2.75, 3.05) is 23.7 Å². The Labute approximate surface area is 184 Å². The van der Waals surface area contributed by atoms with Crippen LogP contribution in [0.15, 0.2) is 48.8 Å². The Hall–Kier alpha value is -2.85. The number of carbonyl (C=O) groups is 1. The fourth-order valence-electron chi connectivity index (χ4n) is 4.04. The number of pyridine rings is 1. The Balaban J connectivity index is 1.35. The van der Waals surface area contributed by atoms with Crippen molar-refractivity contribution >= 4 is 32.2 Å². The molecule has 1 aromatic carbocycles. The number of rotatable bonds is 5. The van der Waals surface area contributed by atoms with E-state index in [4.69, 9.17) is 0 Å². The minimum absolute atomic E-state index is 0.0300. The summed E-state index contributed by atoms with van der Waals surface area (Å²) >= 11 is 1.51. The highest BCUT2D eigenvalue weighted by Gasteiger charge is 2.41. The summed E-state index contributed by atoms with van der Waals surface area (Å²) in [7, 11) is -3.26. The van der Waals surface area contributed by atoms with Gasteiger partial charge in [-0.05, 0) is 29.7 Å². The van der Waals surface area contributed by atoms with Gasteiger partial charge in [-0.25, -0.2) is 8.42 Å². The van der Waals surface area contributed by atoms with Crippen molar-refractivity contribution in [2.24, 2.45) is 0 Å². The van der Waals surface area contributed by atoms with E-state index in [1.807, 2.05) is 24.3 Å². The number of aromatic nitrogens is 3. The van der Waals surface area contributed by atoms with Gasteiger partial charge in [-0.15, -0.1) is 10.2 Å². The van der Waals surface area contributed by atoms with Gasteiger partial charge in [0.05, 0.1) is 5.75 Å². The van der Waals surface area contributed by atoms with Crippen molar-refractivity contribution in [1.29, 1.82) is 0 Å². The van der Waals surface area contributed by atoms with E-state index in [1.54, 1.807) is 12.4 Å². The van der Waals surface area contributed by atoms with Crippen molar-refractivity contribution in [3.63, 3.8) is 0 Å². The molecule has 2 aliphatic heterocycles. The third kappa shape index (κ3) is 3.92. The summed E-state index contributed by atoms with van der Waals surface area (Å²) in [4.78, 5) is 18.7. The molecule has 0 radical (unpaired) electrons. The molecule has 8 nitrogen and oxygen atoms in total. The Morgan fingerprint density at radius 1 is 1.19 bits per heavy atom. The van der Waals surface area contributed by atoms with Gasteiger partial charge in [-0.3, -0.25) is 9.78 Å². The summed E-state index contributed by atoms with van der Waals surface area (Å²) in [6.45, 7) is 1.75. The maximum absolute atomic E-state index is 12.4. The lowest BCUT2D eigenvalue weighted by Crippen LogP contribution is -2.50. The van der Waals surface area contributed by atoms with Gasteiger partial charge in [0.2, 0.25) is 11.0 Å². The number of amides is 1. The highest BCUT2D eigenvalue weighted by molar-refractivity contribution is 7.94. The topological polar surface area (TPSA) is 105 Å². The number of hydrogen-bond donors (Lipinski definition) is 1. The number of fused-ring (bicyclic) bond motifs is 1. The van der Waals surface area contributed by atoms with E-state index in [2.05, 4.69) is 37.5 Å². The first-order chi connectivity index (χ1) is 15.0. The zero-order valence-electron chi connectivity index (χ0n) is 16.6. The monoisotopic (exact) mass is 455 g/mol. The Bertz CT molecular complexity index is 1210. The lowest BCUT2D eigenvalue weighted by atomic mass is 9.90. The van der Waals surface area contributed by atoms with Crippen LogP contribution in [0, 0.1) is 0 Å². The minimum Gasteiger partial charge on any atom is -0.354 e. The molecular weight excluding hydrogens is 434 g/mol. The van der Waals surface area contributed by atoms with Gasteiger partial charge in [-0.2, -0.15) is 0 Å². The zero-order chi connectivity index (χ0) is 21.4. The van der Waals surface area contributed by atoms with E-state index in [0.29, 0.717) is 26.1 Å². The van der Waals surface area contributed by atoms with Crippen LogP contribution in [-0.2, 0) is 21.2 Å². The van der Waals surface area contributed by atoms with Crippen LogP contribution < -0.4 is 10.2 Å². The lowest BCUT2D eigenvalue weighted by molar-refractivity contribution is -0.121. The molecule has 1 saturated heterocycles. The molecule has 0 spiro atoms. The SMILES string of the molecule is O=C(NCC1CN(c2nnc(-c3cccnc3)s2)Cc2ccccc21)C1CCS1(=O)=O. The van der Waals surface area contributed by atoms with Crippen LogP contribution in [0.5, 0.6) is 0 Å². The summed E-state index contributed by atoms with van der Waals surface area (Å²) in [5.74, 6) is -0.264. The molecule has 2 aromatic heterocycles. The molecule has 3 aromatic rings. The van der Waals surface area contributed by atoms with Gasteiger partial charge in [-0.1, -0.05) is 35.6 Å². The third-order valence-electron chi connectivity index (χ3n) is 5.80. The fourth-order valence-corrected chi connectivity index (χ4v) is 6.15. The van der Waals surface area contributed by atoms with Crippen LogP contribution in [0.1, 0.15) is 23.5 Å². The Morgan fingerprint density at radius 3 is 2.81 bits per heavy atom. The largest absolute Gasteiger partial charge is 0.354 e. The summed E-state index contributed by atoms with van der Waals surface area (Å²) in [6.07, 6.45) is 3.90. The molecule has 31 heavy (non-hydrogen) atoms. The number of anilines is 1. The second kappa shape index (κ2) is 8.01. The van der Waals surface area contributed by atoms with E-state index in [9.17, 15) is 13.2 Å². The van der Waals surface area contributed by atoms with Crippen molar-refractivity contribution < 1.29 is 13.2 Å². The van der Waals surface area contributed by atoms with Gasteiger partial charge in [0.25, 0.3) is 0 Å². The Morgan fingerprint density at radius 2 is 2.06 bits per heavy atom. The first kappa shape index (κ1) is 20.1. The van der Waals surface area contributed by atoms with Gasteiger partial charge < -0.3 is 10.2 Å². The van der Waals surface area contributed by atoms with Crippen LogP contribution >= 0.6 is 11.3 Å². The van der Waals surface area contributed by atoms with Gasteiger partial charge >= 0.3 is 0 Å². The lowest BCUT2D eigenvalue weighted by Gasteiger charge is -2.35. The van der Waals surface area contributed by atoms with Crippen molar-refractivity contribution in [2.45, 2.75) is 24.1 Å². The molecule has 5 rings (SSSR count). The summed E-state index contributed by atoms with van der Waals surface area (Å²) in [5, 5.41) is 12.3. The van der Waals surface area contributed by atoms with Crippen molar-refractivity contribution in [1.82, 2.24) is 20.5 Å². The van der Waals surface area contributed by atoms with Gasteiger partial charge in [0.15, 0.2) is 14.8 Å². The van der Waals surface area contributed by atoms with Crippen LogP contribution in [-0.4, -0.2) is 53.6 Å². The first-order valence-electron chi connectivity index (χ1n) is 10.1. The fraction of sp³-hybridized carbons (Fsp3) is 0.333. The molecule has 1 N–H and O–H groups in total. The highest BCUT2D eigenvalue weighted by Crippen LogP contribution is 2.35. The average molecular weight is 456 g/mol. The van der Waals surface area contributed by atoms with Crippen LogP contribution in [0.2, 0.25) is 0 Å². The van der Waals surface area contributed by atoms with Crippen LogP contribution in [0.3, 0.4) is 0 Å². The van der Waals surface area contributed by atoms with E-state index in [-0.39, 0.29) is 11.7 Å². The third-order valence-corrected chi connectivity index (χ3v) is 8.96. The zero-order valence-corrected chi connectivity index (χ0v) is 18.3. The molecule has 0 aliphatic carbocycles. The molecule has 2 aliphatic rings. The molecule has 2 unspecified atom stereocenters. The molecule has 10 heteroatoms. The van der Waals surface area contributed by atoms with Gasteiger partial charge in [0, 0.05) is 43.5 Å². The second-order valence-corrected chi connectivity index (χ2v) is 11.1. The standard InChI is InChI=1S/C21H21N5O3S2/c27-19(18-7-9-31(18,28)29)23-11-16-13-26(12-15-4-1-2-6-17(15)16)21-25-24-20(30-21)14-5-3-8-22-10-14/h1-6,8,10,16,18H,7,9,11-13H2,(H,23,27). The molecule has 1 fully saturated rings. The van der Waals surface area contributed by atoms with Crippen molar-refractivity contribution in [3.05, 3.63) is 59.9 Å². The van der Waals surface area contributed by atoms with Crippen molar-refractivity contribution in [3.8, 4) is 10.6 Å². The maximum atomic E-state index is 12.4. The molecule has 4 heterocycles. The molecule has 0 saturated carbocycles. The van der Waals surface area contributed by atoms with Crippen LogP contribution in [0.4, 0.5) is 5.13 Å². The normalized spacial score (nSPS) is 21.7. The second-order valence-electron chi connectivity index (χ2n) is 7.80. The number of nitrogens with zero attached hydrogens (tertiary/aromatic N) is 4. The highest BCUT2D eigenvalue weighted by atomic mass is 32.2. The summed E-state index contributed by atoms with van der Waals surface area (Å²) in [5.41, 5.74) is 3.27. The summed E-state index contributed by atoms with van der Waals surface area (Å²) < 4.78 is 23.6. The molecule has 1 amide bonds. The number of carbonyl (C=O) groups excluding carboxylic acids is 1. The maximum Gasteiger partial charge on any atom is 0.238 e. The average Bonchev–Trinajstić information content (AvgIpc) is 3.27. The predicted molar refractivity (Wildman–Crippen MR) is 119 cm³/mol. The van der Waals surface area contributed by atoms with Gasteiger partial charge in [0.1, 0.15) is 5.25 Å². The van der Waals surface area contributed by atoms with E-state index < -0.39 is 21.0 Å². The number of nitrogens with one attached hydrogen (secondary N) is 1. The molecule has 0 bridgehead atoms.